The minimum atomic E-state index is 0.768. The molecule has 0 N–H and O–H groups in total. The predicted octanol–water partition coefficient (Wildman–Crippen LogP) is 7.92. The molecule has 0 radical (unpaired) electrons. The second kappa shape index (κ2) is 16.4. The van der Waals surface area contributed by atoms with Gasteiger partial charge in [-0.3, -0.25) is 0 Å². The standard InChI is InChI=1S/C17H21N5.C12H23N.C3H8/c1-5-7-14-12-15(22-18-10-11-19-22)8-9-16(14)17(6-2)21-20-13(3)4;1-11-4-3-5-12(10-11)6-8-13(2)9-7-12;1-3-2/h6,8-12H,2,5,7H2,1,3-4H3;11H,3-10H2,1-2H3;3H2,1-2H3/b21-17+;;. The van der Waals surface area contributed by atoms with Crippen molar-refractivity contribution in [3.8, 4) is 5.69 Å². The summed E-state index contributed by atoms with van der Waals surface area (Å²) in [6.07, 6.45) is 17.3. The lowest BCUT2D eigenvalue weighted by atomic mass is 9.65. The molecule has 0 bridgehead atoms. The van der Waals surface area contributed by atoms with Gasteiger partial charge in [0.15, 0.2) is 0 Å². The topological polar surface area (TPSA) is 58.7 Å². The molecule has 2 aromatic rings. The van der Waals surface area contributed by atoms with E-state index in [2.05, 4.69) is 72.7 Å². The quantitative estimate of drug-likeness (QED) is 0.287. The maximum Gasteiger partial charge on any atom is 0.0925 e. The van der Waals surface area contributed by atoms with Crippen molar-refractivity contribution >= 4 is 11.4 Å². The van der Waals surface area contributed by atoms with Gasteiger partial charge in [-0.2, -0.15) is 25.2 Å². The molecular formula is C32H52N6. The van der Waals surface area contributed by atoms with E-state index < -0.39 is 0 Å². The van der Waals surface area contributed by atoms with Crippen molar-refractivity contribution in [2.75, 3.05) is 20.1 Å². The average molecular weight is 521 g/mol. The first-order valence-electron chi connectivity index (χ1n) is 14.7. The van der Waals surface area contributed by atoms with Crippen LogP contribution >= 0.6 is 0 Å². The molecule has 1 aliphatic heterocycles. The van der Waals surface area contributed by atoms with Crippen molar-refractivity contribution in [1.29, 1.82) is 0 Å². The Hall–Kier alpha value is -2.60. The van der Waals surface area contributed by atoms with Crippen molar-refractivity contribution < 1.29 is 0 Å². The van der Waals surface area contributed by atoms with Gasteiger partial charge >= 0.3 is 0 Å². The third kappa shape index (κ3) is 9.94. The molecule has 6 heteroatoms. The van der Waals surface area contributed by atoms with E-state index in [0.29, 0.717) is 0 Å². The third-order valence-electron chi connectivity index (χ3n) is 7.32. The van der Waals surface area contributed by atoms with Crippen molar-refractivity contribution in [3.05, 3.63) is 54.4 Å². The predicted molar refractivity (Wildman–Crippen MR) is 164 cm³/mol. The molecular weight excluding hydrogens is 468 g/mol. The molecule has 2 aliphatic rings. The van der Waals surface area contributed by atoms with Crippen LogP contribution in [0.25, 0.3) is 5.69 Å². The SMILES string of the molecule is C=C/C(=N\N=C(C)C)c1ccc(-n2nccn2)cc1CCC.CC1CCCC2(CCN(C)CC2)C1.CCC. The van der Waals surface area contributed by atoms with Gasteiger partial charge in [0, 0.05) is 11.3 Å². The second-order valence-corrected chi connectivity index (χ2v) is 11.4. The van der Waals surface area contributed by atoms with Crippen LogP contribution in [-0.4, -0.2) is 51.5 Å². The molecule has 38 heavy (non-hydrogen) atoms. The van der Waals surface area contributed by atoms with Gasteiger partial charge in [-0.15, -0.1) is 0 Å². The molecule has 1 spiro atoms. The summed E-state index contributed by atoms with van der Waals surface area (Å²) in [4.78, 5) is 4.10. The molecule has 1 saturated heterocycles. The summed E-state index contributed by atoms with van der Waals surface area (Å²) in [7, 11) is 2.26. The number of hydrogen-bond donors (Lipinski definition) is 0. The maximum atomic E-state index is 4.30. The van der Waals surface area contributed by atoms with Crippen LogP contribution in [0.2, 0.25) is 0 Å². The summed E-state index contributed by atoms with van der Waals surface area (Å²) in [5.74, 6) is 0.997. The Bertz CT molecular complexity index is 1010. The van der Waals surface area contributed by atoms with E-state index in [1.54, 1.807) is 23.3 Å². The summed E-state index contributed by atoms with van der Waals surface area (Å²) < 4.78 is 0. The zero-order valence-electron chi connectivity index (χ0n) is 25.2. The van der Waals surface area contributed by atoms with Crippen molar-refractivity contribution in [3.63, 3.8) is 0 Å². The van der Waals surface area contributed by atoms with Gasteiger partial charge in [0.2, 0.25) is 0 Å². The first-order chi connectivity index (χ1) is 18.3. The largest absolute Gasteiger partial charge is 0.306 e. The number of allylic oxidation sites excluding steroid dienone is 1. The van der Waals surface area contributed by atoms with Gasteiger partial charge in [-0.25, -0.2) is 0 Å². The highest BCUT2D eigenvalue weighted by atomic mass is 15.5. The maximum absolute atomic E-state index is 4.30. The van der Waals surface area contributed by atoms with Gasteiger partial charge in [0.25, 0.3) is 0 Å². The molecule has 1 atom stereocenters. The summed E-state index contributed by atoms with van der Waals surface area (Å²) in [6, 6.07) is 6.11. The lowest BCUT2D eigenvalue weighted by Gasteiger charge is -2.45. The number of rotatable bonds is 6. The fourth-order valence-corrected chi connectivity index (χ4v) is 5.45. The lowest BCUT2D eigenvalue weighted by molar-refractivity contribution is 0.0594. The van der Waals surface area contributed by atoms with E-state index in [1.807, 2.05) is 26.0 Å². The summed E-state index contributed by atoms with van der Waals surface area (Å²) in [5.41, 5.74) is 5.65. The molecule has 0 amide bonds. The highest BCUT2D eigenvalue weighted by Gasteiger charge is 2.36. The number of nitrogens with zero attached hydrogens (tertiary/aromatic N) is 6. The lowest BCUT2D eigenvalue weighted by Crippen LogP contribution is -2.40. The Morgan fingerprint density at radius 1 is 1.08 bits per heavy atom. The van der Waals surface area contributed by atoms with Crippen LogP contribution < -0.4 is 0 Å². The van der Waals surface area contributed by atoms with E-state index in [1.165, 1.54) is 63.6 Å². The van der Waals surface area contributed by atoms with Crippen molar-refractivity contribution in [2.24, 2.45) is 21.5 Å². The summed E-state index contributed by atoms with van der Waals surface area (Å²) in [6.45, 7) is 19.2. The molecule has 1 unspecified atom stereocenters. The molecule has 1 aliphatic carbocycles. The van der Waals surface area contributed by atoms with Crippen LogP contribution in [0.3, 0.4) is 0 Å². The molecule has 1 saturated carbocycles. The number of likely N-dealkylation sites (tertiary alicyclic amines) is 1. The van der Waals surface area contributed by atoms with Crippen LogP contribution in [-0.2, 0) is 6.42 Å². The number of benzene rings is 1. The van der Waals surface area contributed by atoms with E-state index in [-0.39, 0.29) is 0 Å². The van der Waals surface area contributed by atoms with E-state index in [9.17, 15) is 0 Å². The average Bonchev–Trinajstić information content (AvgIpc) is 3.43. The van der Waals surface area contributed by atoms with E-state index >= 15 is 0 Å². The zero-order chi connectivity index (χ0) is 28.0. The molecule has 2 heterocycles. The second-order valence-electron chi connectivity index (χ2n) is 11.4. The Kier molecular flexibility index (Phi) is 13.6. The van der Waals surface area contributed by atoms with E-state index in [0.717, 1.165) is 46.8 Å². The minimum absolute atomic E-state index is 0.768. The summed E-state index contributed by atoms with van der Waals surface area (Å²) >= 11 is 0. The van der Waals surface area contributed by atoms with Crippen LogP contribution in [0.4, 0.5) is 0 Å². The number of aryl methyl sites for hydroxylation is 1. The van der Waals surface area contributed by atoms with Crippen LogP contribution in [0.1, 0.15) is 104 Å². The fourth-order valence-electron chi connectivity index (χ4n) is 5.45. The Balaban J connectivity index is 0.000000267. The number of hydrogen-bond acceptors (Lipinski definition) is 5. The molecule has 2 fully saturated rings. The van der Waals surface area contributed by atoms with Crippen molar-refractivity contribution in [1.82, 2.24) is 19.9 Å². The van der Waals surface area contributed by atoms with Crippen molar-refractivity contribution in [2.45, 2.75) is 99.3 Å². The third-order valence-corrected chi connectivity index (χ3v) is 7.32. The Labute approximate surface area is 232 Å². The van der Waals surface area contributed by atoms with Gasteiger partial charge in [0.1, 0.15) is 0 Å². The monoisotopic (exact) mass is 520 g/mol. The van der Waals surface area contributed by atoms with E-state index in [4.69, 9.17) is 0 Å². The molecule has 1 aromatic heterocycles. The molecule has 1 aromatic carbocycles. The highest BCUT2D eigenvalue weighted by molar-refractivity contribution is 6.09. The number of aromatic nitrogens is 3. The van der Waals surface area contributed by atoms with Gasteiger partial charge in [-0.05, 0) is 101 Å². The van der Waals surface area contributed by atoms with Gasteiger partial charge < -0.3 is 4.90 Å². The molecule has 210 valence electrons. The first kappa shape index (κ1) is 31.6. The van der Waals surface area contributed by atoms with Crippen LogP contribution in [0.5, 0.6) is 0 Å². The normalized spacial score (nSPS) is 19.0. The molecule has 4 rings (SSSR count). The highest BCUT2D eigenvalue weighted by Crippen LogP contribution is 2.46. The summed E-state index contributed by atoms with van der Waals surface area (Å²) in [5, 5.41) is 16.8. The fraction of sp³-hybridized carbons (Fsp3) is 0.625. The van der Waals surface area contributed by atoms with Gasteiger partial charge in [-0.1, -0.05) is 66.0 Å². The molecule has 6 nitrogen and oxygen atoms in total. The smallest absolute Gasteiger partial charge is 0.0925 e. The van der Waals surface area contributed by atoms with Crippen LogP contribution in [0, 0.1) is 11.3 Å². The Morgan fingerprint density at radius 3 is 2.29 bits per heavy atom. The first-order valence-corrected chi connectivity index (χ1v) is 14.7. The van der Waals surface area contributed by atoms with Gasteiger partial charge in [0.05, 0.1) is 23.8 Å². The zero-order valence-corrected chi connectivity index (χ0v) is 25.2. The number of piperidine rings is 1. The minimum Gasteiger partial charge on any atom is -0.306 e. The Morgan fingerprint density at radius 2 is 1.74 bits per heavy atom. The van der Waals surface area contributed by atoms with Crippen LogP contribution in [0.15, 0.2) is 53.5 Å².